The number of carbonyl (C=O) groups excluding carboxylic acids is 1. The Labute approximate surface area is 123 Å². The first-order valence-corrected chi connectivity index (χ1v) is 6.68. The molecule has 0 bridgehead atoms. The summed E-state index contributed by atoms with van der Waals surface area (Å²) in [5.74, 6) is -0.213. The lowest BCUT2D eigenvalue weighted by Gasteiger charge is -2.14. The third-order valence-corrected chi connectivity index (χ3v) is 3.21. The molecule has 104 valence electrons. The number of amides is 1. The zero-order valence-electron chi connectivity index (χ0n) is 11.4. The van der Waals surface area contributed by atoms with Gasteiger partial charge in [0.05, 0.1) is 6.04 Å². The Hall–Kier alpha value is -2.07. The van der Waals surface area contributed by atoms with E-state index in [1.807, 2.05) is 25.1 Å². The number of aromatic nitrogens is 1. The number of halogens is 1. The molecule has 1 aromatic heterocycles. The van der Waals surface area contributed by atoms with Crippen molar-refractivity contribution in [3.8, 4) is 0 Å². The van der Waals surface area contributed by atoms with Crippen molar-refractivity contribution in [2.24, 2.45) is 0 Å². The summed E-state index contributed by atoms with van der Waals surface area (Å²) in [7, 11) is 1.80. The van der Waals surface area contributed by atoms with Crippen LogP contribution in [0.3, 0.4) is 0 Å². The van der Waals surface area contributed by atoms with E-state index in [-0.39, 0.29) is 11.9 Å². The number of hydrogen-bond acceptors (Lipinski definition) is 3. The second-order valence-corrected chi connectivity index (χ2v) is 4.87. The van der Waals surface area contributed by atoms with Gasteiger partial charge in [0.15, 0.2) is 0 Å². The second kappa shape index (κ2) is 6.39. The maximum Gasteiger partial charge on any atom is 0.270 e. The van der Waals surface area contributed by atoms with Crippen LogP contribution in [0.1, 0.15) is 29.0 Å². The zero-order chi connectivity index (χ0) is 14.5. The van der Waals surface area contributed by atoms with Gasteiger partial charge in [-0.05, 0) is 36.8 Å². The topological polar surface area (TPSA) is 54.0 Å². The quantitative estimate of drug-likeness (QED) is 0.908. The van der Waals surface area contributed by atoms with E-state index in [0.29, 0.717) is 10.7 Å². The summed E-state index contributed by atoms with van der Waals surface area (Å²) in [6.45, 7) is 1.91. The third-order valence-electron chi connectivity index (χ3n) is 2.98. The lowest BCUT2D eigenvalue weighted by molar-refractivity contribution is 0.0935. The number of anilines is 1. The van der Waals surface area contributed by atoms with E-state index in [1.165, 1.54) is 0 Å². The molecular formula is C15H16ClN3O. The maximum absolute atomic E-state index is 12.1. The molecule has 0 spiro atoms. The summed E-state index contributed by atoms with van der Waals surface area (Å²) < 4.78 is 0. The molecule has 1 amide bonds. The molecule has 20 heavy (non-hydrogen) atoms. The Morgan fingerprint density at radius 1 is 1.30 bits per heavy atom. The number of nitrogens with one attached hydrogen (secondary N) is 2. The van der Waals surface area contributed by atoms with Crippen molar-refractivity contribution in [3.05, 3.63) is 58.9 Å². The molecule has 1 atom stereocenters. The van der Waals surface area contributed by atoms with Crippen LogP contribution in [0.5, 0.6) is 0 Å². The second-order valence-electron chi connectivity index (χ2n) is 4.43. The third kappa shape index (κ3) is 3.48. The Bertz CT molecular complexity index is 616. The minimum absolute atomic E-state index is 0.138. The van der Waals surface area contributed by atoms with Crippen molar-refractivity contribution in [1.29, 1.82) is 0 Å². The molecule has 2 N–H and O–H groups in total. The first kappa shape index (κ1) is 14.3. The summed E-state index contributed by atoms with van der Waals surface area (Å²) in [4.78, 5) is 16.2. The van der Waals surface area contributed by atoms with E-state index >= 15 is 0 Å². The van der Waals surface area contributed by atoms with Crippen LogP contribution in [0.4, 0.5) is 5.69 Å². The Morgan fingerprint density at radius 3 is 2.80 bits per heavy atom. The average molecular weight is 290 g/mol. The summed E-state index contributed by atoms with van der Waals surface area (Å²) >= 11 is 5.95. The fourth-order valence-electron chi connectivity index (χ4n) is 1.84. The van der Waals surface area contributed by atoms with E-state index in [4.69, 9.17) is 11.6 Å². The van der Waals surface area contributed by atoms with Gasteiger partial charge in [0.1, 0.15) is 5.69 Å². The van der Waals surface area contributed by atoms with Crippen LogP contribution in [0.15, 0.2) is 42.6 Å². The lowest BCUT2D eigenvalue weighted by Crippen LogP contribution is -2.27. The molecule has 0 fully saturated rings. The molecule has 1 heterocycles. The van der Waals surface area contributed by atoms with Gasteiger partial charge >= 0.3 is 0 Å². The highest BCUT2D eigenvalue weighted by Gasteiger charge is 2.13. The van der Waals surface area contributed by atoms with Crippen LogP contribution < -0.4 is 10.6 Å². The van der Waals surface area contributed by atoms with Crippen LogP contribution >= 0.6 is 11.6 Å². The van der Waals surface area contributed by atoms with Crippen molar-refractivity contribution in [3.63, 3.8) is 0 Å². The van der Waals surface area contributed by atoms with Gasteiger partial charge in [-0.1, -0.05) is 23.7 Å². The maximum atomic E-state index is 12.1. The van der Waals surface area contributed by atoms with Gasteiger partial charge in [-0.2, -0.15) is 0 Å². The fourth-order valence-corrected chi connectivity index (χ4v) is 2.04. The Morgan fingerprint density at radius 2 is 2.10 bits per heavy atom. The van der Waals surface area contributed by atoms with Crippen LogP contribution in [0.25, 0.3) is 0 Å². The molecule has 0 radical (unpaired) electrons. The van der Waals surface area contributed by atoms with Crippen LogP contribution in [-0.4, -0.2) is 17.9 Å². The summed E-state index contributed by atoms with van der Waals surface area (Å²) in [5, 5.41) is 6.53. The number of benzene rings is 1. The first-order valence-electron chi connectivity index (χ1n) is 6.30. The monoisotopic (exact) mass is 289 g/mol. The highest BCUT2D eigenvalue weighted by molar-refractivity contribution is 6.30. The number of hydrogen-bond donors (Lipinski definition) is 2. The van der Waals surface area contributed by atoms with Crippen LogP contribution in [-0.2, 0) is 0 Å². The average Bonchev–Trinajstić information content (AvgIpc) is 2.47. The van der Waals surface area contributed by atoms with Gasteiger partial charge < -0.3 is 10.6 Å². The predicted octanol–water partition coefficient (Wildman–Crippen LogP) is 3.27. The lowest BCUT2D eigenvalue weighted by atomic mass is 10.1. The van der Waals surface area contributed by atoms with Gasteiger partial charge in [-0.25, -0.2) is 0 Å². The molecular weight excluding hydrogens is 274 g/mol. The van der Waals surface area contributed by atoms with Crippen molar-refractivity contribution in [2.75, 3.05) is 12.4 Å². The van der Waals surface area contributed by atoms with E-state index in [0.717, 1.165) is 11.3 Å². The largest absolute Gasteiger partial charge is 0.388 e. The highest BCUT2D eigenvalue weighted by Crippen LogP contribution is 2.18. The van der Waals surface area contributed by atoms with Gasteiger partial charge in [0.2, 0.25) is 0 Å². The number of rotatable bonds is 4. The van der Waals surface area contributed by atoms with Crippen molar-refractivity contribution in [1.82, 2.24) is 10.3 Å². The number of carbonyl (C=O) groups is 1. The standard InChI is InChI=1S/C15H16ClN3O/c1-10(11-4-3-5-12(16)8-11)19-15(20)14-9-13(17-2)6-7-18-14/h3-10H,1-2H3,(H,17,18)(H,19,20). The van der Waals surface area contributed by atoms with E-state index in [9.17, 15) is 4.79 Å². The fraction of sp³-hybridized carbons (Fsp3) is 0.200. The van der Waals surface area contributed by atoms with E-state index in [2.05, 4.69) is 15.6 Å². The molecule has 5 heteroatoms. The van der Waals surface area contributed by atoms with Crippen LogP contribution in [0.2, 0.25) is 5.02 Å². The minimum Gasteiger partial charge on any atom is -0.388 e. The molecule has 0 saturated heterocycles. The minimum atomic E-state index is -0.213. The zero-order valence-corrected chi connectivity index (χ0v) is 12.1. The predicted molar refractivity (Wildman–Crippen MR) is 81.1 cm³/mol. The molecule has 0 aliphatic rings. The number of pyridine rings is 1. The highest BCUT2D eigenvalue weighted by atomic mass is 35.5. The SMILES string of the molecule is CNc1ccnc(C(=O)NC(C)c2cccc(Cl)c2)c1. The summed E-state index contributed by atoms with van der Waals surface area (Å²) in [6.07, 6.45) is 1.60. The van der Waals surface area contributed by atoms with Crippen LogP contribution in [0, 0.1) is 0 Å². The first-order chi connectivity index (χ1) is 9.60. The molecule has 2 aromatic rings. The van der Waals surface area contributed by atoms with Crippen molar-refractivity contribution in [2.45, 2.75) is 13.0 Å². The van der Waals surface area contributed by atoms with Gasteiger partial charge in [0.25, 0.3) is 5.91 Å². The van der Waals surface area contributed by atoms with Gasteiger partial charge in [0, 0.05) is 24.0 Å². The molecule has 0 saturated carbocycles. The van der Waals surface area contributed by atoms with E-state index in [1.54, 1.807) is 31.4 Å². The van der Waals surface area contributed by atoms with E-state index < -0.39 is 0 Å². The van der Waals surface area contributed by atoms with Crippen molar-refractivity contribution >= 4 is 23.2 Å². The Balaban J connectivity index is 2.10. The molecule has 0 aliphatic carbocycles. The molecule has 1 aromatic carbocycles. The Kier molecular flexibility index (Phi) is 4.58. The molecule has 0 aliphatic heterocycles. The molecule has 4 nitrogen and oxygen atoms in total. The van der Waals surface area contributed by atoms with Crippen molar-refractivity contribution < 1.29 is 4.79 Å². The normalized spacial score (nSPS) is 11.8. The number of nitrogens with zero attached hydrogens (tertiary/aromatic N) is 1. The van der Waals surface area contributed by atoms with Gasteiger partial charge in [-0.3, -0.25) is 9.78 Å². The molecule has 2 rings (SSSR count). The molecule has 1 unspecified atom stereocenters. The summed E-state index contributed by atoms with van der Waals surface area (Å²) in [6, 6.07) is 10.8. The summed E-state index contributed by atoms with van der Waals surface area (Å²) in [5.41, 5.74) is 2.18. The van der Waals surface area contributed by atoms with Gasteiger partial charge in [-0.15, -0.1) is 0 Å². The smallest absolute Gasteiger partial charge is 0.270 e.